The molecule has 4 rings (SSSR count). The Bertz CT molecular complexity index is 1130. The van der Waals surface area contributed by atoms with Crippen LogP contribution in [-0.4, -0.2) is 11.8 Å². The number of hydrogen-bond acceptors (Lipinski definition) is 3. The van der Waals surface area contributed by atoms with E-state index in [2.05, 4.69) is 10.6 Å². The van der Waals surface area contributed by atoms with Crippen molar-refractivity contribution >= 4 is 28.5 Å². The molecular formula is C25H22N2O3. The number of benzene rings is 3. The van der Waals surface area contributed by atoms with Crippen LogP contribution in [0.3, 0.4) is 0 Å². The maximum Gasteiger partial charge on any atom is 0.226 e. The van der Waals surface area contributed by atoms with Crippen LogP contribution in [-0.2, 0) is 9.59 Å². The Morgan fingerprint density at radius 1 is 0.900 bits per heavy atom. The van der Waals surface area contributed by atoms with E-state index in [4.69, 9.17) is 4.42 Å². The number of amides is 2. The summed E-state index contributed by atoms with van der Waals surface area (Å²) in [5.74, 6) is 0.435. The maximum atomic E-state index is 12.6. The molecular weight excluding hydrogens is 376 g/mol. The highest BCUT2D eigenvalue weighted by molar-refractivity contribution is 5.92. The average molecular weight is 398 g/mol. The van der Waals surface area contributed by atoms with Crippen LogP contribution in [0.15, 0.2) is 89.3 Å². The number of para-hydroxylation sites is 1. The molecule has 0 unspecified atom stereocenters. The molecule has 0 bridgehead atoms. The fourth-order valence-corrected chi connectivity index (χ4v) is 3.42. The first-order valence-corrected chi connectivity index (χ1v) is 9.79. The number of hydrogen-bond donors (Lipinski definition) is 2. The van der Waals surface area contributed by atoms with Crippen molar-refractivity contribution in [2.24, 2.45) is 0 Å². The first-order chi connectivity index (χ1) is 14.6. The number of furan rings is 1. The summed E-state index contributed by atoms with van der Waals surface area (Å²) in [6.07, 6.45) is 0.148. The monoisotopic (exact) mass is 398 g/mol. The SMILES string of the molecule is CC(=O)N[C@@H](CC(=O)Nc1ccc(-c2cc3ccccc3o2)cc1)c1ccccc1. The Hall–Kier alpha value is -3.86. The van der Waals surface area contributed by atoms with Crippen molar-refractivity contribution in [2.45, 2.75) is 19.4 Å². The highest BCUT2D eigenvalue weighted by Crippen LogP contribution is 2.28. The molecule has 0 radical (unpaired) electrons. The average Bonchev–Trinajstić information content (AvgIpc) is 3.18. The van der Waals surface area contributed by atoms with Crippen LogP contribution in [0.1, 0.15) is 24.9 Å². The smallest absolute Gasteiger partial charge is 0.226 e. The summed E-state index contributed by atoms with van der Waals surface area (Å²) < 4.78 is 5.89. The van der Waals surface area contributed by atoms with Gasteiger partial charge in [-0.25, -0.2) is 0 Å². The van der Waals surface area contributed by atoms with Gasteiger partial charge in [-0.05, 0) is 42.0 Å². The molecule has 1 atom stereocenters. The molecule has 5 nitrogen and oxygen atoms in total. The van der Waals surface area contributed by atoms with Gasteiger partial charge in [-0.3, -0.25) is 9.59 Å². The van der Waals surface area contributed by atoms with Gasteiger partial charge in [0.1, 0.15) is 11.3 Å². The molecule has 4 aromatic rings. The van der Waals surface area contributed by atoms with Gasteiger partial charge in [0.2, 0.25) is 11.8 Å². The third kappa shape index (κ3) is 4.58. The van der Waals surface area contributed by atoms with Gasteiger partial charge in [-0.2, -0.15) is 0 Å². The molecule has 0 aliphatic rings. The summed E-state index contributed by atoms with van der Waals surface area (Å²) in [6.45, 7) is 1.45. The fourth-order valence-electron chi connectivity index (χ4n) is 3.42. The van der Waals surface area contributed by atoms with Crippen LogP contribution < -0.4 is 10.6 Å². The first-order valence-electron chi connectivity index (χ1n) is 9.79. The molecule has 1 aromatic heterocycles. The van der Waals surface area contributed by atoms with Gasteiger partial charge in [0, 0.05) is 23.6 Å². The number of anilines is 1. The zero-order chi connectivity index (χ0) is 20.9. The highest BCUT2D eigenvalue weighted by Gasteiger charge is 2.17. The van der Waals surface area contributed by atoms with E-state index in [0.717, 1.165) is 27.9 Å². The Morgan fingerprint density at radius 3 is 2.30 bits per heavy atom. The van der Waals surface area contributed by atoms with Gasteiger partial charge in [0.05, 0.1) is 12.5 Å². The van der Waals surface area contributed by atoms with Crippen molar-refractivity contribution in [2.75, 3.05) is 5.32 Å². The van der Waals surface area contributed by atoms with Crippen molar-refractivity contribution in [1.82, 2.24) is 5.32 Å². The van der Waals surface area contributed by atoms with Crippen molar-refractivity contribution in [3.05, 3.63) is 90.5 Å². The zero-order valence-electron chi connectivity index (χ0n) is 16.6. The molecule has 5 heteroatoms. The molecule has 1 heterocycles. The third-order valence-electron chi connectivity index (χ3n) is 4.85. The van der Waals surface area contributed by atoms with Crippen molar-refractivity contribution in [3.8, 4) is 11.3 Å². The summed E-state index contributed by atoms with van der Waals surface area (Å²) in [7, 11) is 0. The number of nitrogens with one attached hydrogen (secondary N) is 2. The van der Waals surface area contributed by atoms with Crippen molar-refractivity contribution < 1.29 is 14.0 Å². The van der Waals surface area contributed by atoms with Gasteiger partial charge in [-0.1, -0.05) is 48.5 Å². The minimum atomic E-state index is -0.376. The second-order valence-electron chi connectivity index (χ2n) is 7.14. The van der Waals surface area contributed by atoms with Gasteiger partial charge < -0.3 is 15.1 Å². The van der Waals surface area contributed by atoms with Crippen LogP contribution in [0.2, 0.25) is 0 Å². The topological polar surface area (TPSA) is 71.3 Å². The highest BCUT2D eigenvalue weighted by atomic mass is 16.3. The normalized spacial score (nSPS) is 11.8. The minimum Gasteiger partial charge on any atom is -0.456 e. The Labute approximate surface area is 174 Å². The lowest BCUT2D eigenvalue weighted by molar-refractivity contribution is -0.120. The zero-order valence-corrected chi connectivity index (χ0v) is 16.6. The van der Waals surface area contributed by atoms with Crippen molar-refractivity contribution in [3.63, 3.8) is 0 Å². The molecule has 3 aromatic carbocycles. The second kappa shape index (κ2) is 8.66. The van der Waals surface area contributed by atoms with E-state index in [1.807, 2.05) is 84.9 Å². The molecule has 0 aliphatic carbocycles. The lowest BCUT2D eigenvalue weighted by Gasteiger charge is -2.18. The molecule has 2 N–H and O–H groups in total. The van der Waals surface area contributed by atoms with Gasteiger partial charge in [0.25, 0.3) is 0 Å². The van der Waals surface area contributed by atoms with Crippen LogP contribution in [0.4, 0.5) is 5.69 Å². The van der Waals surface area contributed by atoms with Crippen molar-refractivity contribution in [1.29, 1.82) is 0 Å². The number of carbonyl (C=O) groups is 2. The van der Waals surface area contributed by atoms with Crippen LogP contribution >= 0.6 is 0 Å². The Kier molecular flexibility index (Phi) is 5.61. The predicted molar refractivity (Wildman–Crippen MR) is 118 cm³/mol. The molecule has 0 fully saturated rings. The van der Waals surface area contributed by atoms with Gasteiger partial charge in [0.15, 0.2) is 0 Å². The summed E-state index contributed by atoms with van der Waals surface area (Å²) in [5, 5.41) is 6.79. The van der Waals surface area contributed by atoms with Gasteiger partial charge in [-0.15, -0.1) is 0 Å². The Morgan fingerprint density at radius 2 is 1.60 bits per heavy atom. The summed E-state index contributed by atoms with van der Waals surface area (Å²) >= 11 is 0. The van der Waals surface area contributed by atoms with E-state index in [1.165, 1.54) is 6.92 Å². The lowest BCUT2D eigenvalue weighted by atomic mass is 10.0. The molecule has 30 heavy (non-hydrogen) atoms. The summed E-state index contributed by atoms with van der Waals surface area (Å²) in [4.78, 5) is 24.1. The predicted octanol–water partition coefficient (Wildman–Crippen LogP) is 5.31. The first kappa shape index (κ1) is 19.5. The molecule has 0 aliphatic heterocycles. The van der Waals surface area contributed by atoms with E-state index in [0.29, 0.717) is 5.69 Å². The molecule has 2 amide bonds. The van der Waals surface area contributed by atoms with E-state index < -0.39 is 0 Å². The molecule has 0 spiro atoms. The van der Waals surface area contributed by atoms with Crippen LogP contribution in [0.5, 0.6) is 0 Å². The number of rotatable bonds is 6. The van der Waals surface area contributed by atoms with E-state index >= 15 is 0 Å². The van der Waals surface area contributed by atoms with E-state index in [-0.39, 0.29) is 24.3 Å². The van der Waals surface area contributed by atoms with Gasteiger partial charge >= 0.3 is 0 Å². The van der Waals surface area contributed by atoms with Crippen LogP contribution in [0.25, 0.3) is 22.3 Å². The quantitative estimate of drug-likeness (QED) is 0.463. The third-order valence-corrected chi connectivity index (χ3v) is 4.85. The molecule has 150 valence electrons. The number of fused-ring (bicyclic) bond motifs is 1. The molecule has 0 saturated carbocycles. The number of carbonyl (C=O) groups excluding carboxylic acids is 2. The van der Waals surface area contributed by atoms with Crippen LogP contribution in [0, 0.1) is 0 Å². The summed E-state index contributed by atoms with van der Waals surface area (Å²) in [6, 6.07) is 26.5. The minimum absolute atomic E-state index is 0.148. The Balaban J connectivity index is 1.44. The summed E-state index contributed by atoms with van der Waals surface area (Å²) in [5.41, 5.74) is 3.36. The standard InChI is InChI=1S/C25H22N2O3/c1-17(28)26-22(18-7-3-2-4-8-18)16-25(29)27-21-13-11-19(12-14-21)24-15-20-9-5-6-10-23(20)30-24/h2-15,22H,16H2,1H3,(H,26,28)(H,27,29)/t22-/m0/s1. The van der Waals surface area contributed by atoms with E-state index in [9.17, 15) is 9.59 Å². The fraction of sp³-hybridized carbons (Fsp3) is 0.120. The lowest BCUT2D eigenvalue weighted by Crippen LogP contribution is -2.29. The maximum absolute atomic E-state index is 12.6. The molecule has 0 saturated heterocycles. The van der Waals surface area contributed by atoms with E-state index in [1.54, 1.807) is 0 Å². The second-order valence-corrected chi connectivity index (χ2v) is 7.14. The largest absolute Gasteiger partial charge is 0.456 e.